The highest BCUT2D eigenvalue weighted by Gasteiger charge is 2.25. The van der Waals surface area contributed by atoms with Gasteiger partial charge in [-0.25, -0.2) is 9.98 Å². The molecule has 0 N–H and O–H groups in total. The predicted molar refractivity (Wildman–Crippen MR) is 56.8 cm³/mol. The Labute approximate surface area is 82.2 Å². The van der Waals surface area contributed by atoms with Crippen molar-refractivity contribution >= 4 is 12.2 Å². The maximum Gasteiger partial charge on any atom is 0.234 e. The summed E-state index contributed by atoms with van der Waals surface area (Å²) in [5.41, 5.74) is 3.53. The molecule has 0 amide bonds. The molecule has 0 aromatic carbocycles. The number of nitrogens with zero attached hydrogens (tertiary/aromatic N) is 3. The van der Waals surface area contributed by atoms with E-state index in [1.165, 1.54) is 11.3 Å². The van der Waals surface area contributed by atoms with Gasteiger partial charge in [0.25, 0.3) is 0 Å². The highest BCUT2D eigenvalue weighted by Crippen LogP contribution is 2.29. The van der Waals surface area contributed by atoms with Crippen LogP contribution in [-0.4, -0.2) is 17.1 Å². The lowest BCUT2D eigenvalue weighted by atomic mass is 10.1. The molecular formula is C11H9N3. The zero-order valence-corrected chi connectivity index (χ0v) is 7.81. The van der Waals surface area contributed by atoms with Gasteiger partial charge >= 0.3 is 0 Å². The average molecular weight is 183 g/mol. The van der Waals surface area contributed by atoms with Crippen LogP contribution in [-0.2, 0) is 0 Å². The Morgan fingerprint density at radius 3 is 3.07 bits per heavy atom. The van der Waals surface area contributed by atoms with Crippen molar-refractivity contribution in [3.63, 3.8) is 0 Å². The Morgan fingerprint density at radius 2 is 2.14 bits per heavy atom. The highest BCUT2D eigenvalue weighted by molar-refractivity contribution is 5.98. The molecule has 3 heteroatoms. The van der Waals surface area contributed by atoms with E-state index in [2.05, 4.69) is 34.0 Å². The molecule has 3 heterocycles. The molecule has 14 heavy (non-hydrogen) atoms. The predicted octanol–water partition coefficient (Wildman–Crippen LogP) is 1.98. The lowest BCUT2D eigenvalue weighted by molar-refractivity contribution is 0.634. The molecule has 0 bridgehead atoms. The number of guanidine groups is 1. The smallest absolute Gasteiger partial charge is 0.234 e. The Balaban J connectivity index is 2.24. The SMILES string of the molecule is CC1=CC=C2C=CN=C3N=CC=C1N23. The summed E-state index contributed by atoms with van der Waals surface area (Å²) in [5.74, 6) is 0.753. The Morgan fingerprint density at radius 1 is 1.21 bits per heavy atom. The van der Waals surface area contributed by atoms with E-state index in [0.717, 1.165) is 11.7 Å². The van der Waals surface area contributed by atoms with Gasteiger partial charge in [0.15, 0.2) is 0 Å². The van der Waals surface area contributed by atoms with Crippen molar-refractivity contribution in [3.05, 3.63) is 47.5 Å². The van der Waals surface area contributed by atoms with E-state index in [0.29, 0.717) is 0 Å². The van der Waals surface area contributed by atoms with Crippen LogP contribution in [0.15, 0.2) is 57.5 Å². The quantitative estimate of drug-likeness (QED) is 0.564. The monoisotopic (exact) mass is 183 g/mol. The van der Waals surface area contributed by atoms with Crippen LogP contribution in [0.25, 0.3) is 0 Å². The van der Waals surface area contributed by atoms with Crippen LogP contribution >= 0.6 is 0 Å². The van der Waals surface area contributed by atoms with Crippen LogP contribution in [0.5, 0.6) is 0 Å². The first-order valence-electron chi connectivity index (χ1n) is 4.54. The lowest BCUT2D eigenvalue weighted by Gasteiger charge is -2.33. The van der Waals surface area contributed by atoms with Gasteiger partial charge in [0, 0.05) is 12.4 Å². The summed E-state index contributed by atoms with van der Waals surface area (Å²) in [6.07, 6.45) is 11.8. The van der Waals surface area contributed by atoms with E-state index in [9.17, 15) is 0 Å². The fraction of sp³-hybridized carbons (Fsp3) is 0.0909. The first-order valence-corrected chi connectivity index (χ1v) is 4.54. The third-order valence-electron chi connectivity index (χ3n) is 2.46. The number of hydrogen-bond donors (Lipinski definition) is 0. The maximum atomic E-state index is 4.22. The first-order chi connectivity index (χ1) is 6.86. The molecule has 0 spiro atoms. The summed E-state index contributed by atoms with van der Waals surface area (Å²) >= 11 is 0. The van der Waals surface area contributed by atoms with Gasteiger partial charge in [-0.15, -0.1) is 0 Å². The van der Waals surface area contributed by atoms with Gasteiger partial charge in [0.05, 0.1) is 11.4 Å². The van der Waals surface area contributed by atoms with Gasteiger partial charge in [-0.1, -0.05) is 6.08 Å². The second kappa shape index (κ2) is 2.54. The van der Waals surface area contributed by atoms with E-state index in [1.54, 1.807) is 12.4 Å². The molecule has 3 aliphatic heterocycles. The standard InChI is InChI=1S/C11H9N3/c1-8-2-3-9-4-6-12-11-13-7-5-10(8)14(9)11/h2-7H,1H3. The molecule has 0 atom stereocenters. The van der Waals surface area contributed by atoms with Crippen molar-refractivity contribution in [2.24, 2.45) is 9.98 Å². The summed E-state index contributed by atoms with van der Waals surface area (Å²) in [4.78, 5) is 10.5. The van der Waals surface area contributed by atoms with E-state index in [1.807, 2.05) is 12.2 Å². The molecule has 0 saturated carbocycles. The summed E-state index contributed by atoms with van der Waals surface area (Å²) in [7, 11) is 0. The minimum atomic E-state index is 0.753. The number of hydrogen-bond acceptors (Lipinski definition) is 3. The number of aliphatic imine (C=N–C) groups is 2. The molecule has 3 aliphatic rings. The van der Waals surface area contributed by atoms with Crippen LogP contribution < -0.4 is 0 Å². The second-order valence-electron chi connectivity index (χ2n) is 3.35. The zero-order valence-electron chi connectivity index (χ0n) is 7.81. The van der Waals surface area contributed by atoms with Gasteiger partial charge in [-0.2, -0.15) is 0 Å². The molecule has 0 saturated heterocycles. The van der Waals surface area contributed by atoms with E-state index in [-0.39, 0.29) is 0 Å². The first kappa shape index (κ1) is 7.50. The fourth-order valence-electron chi connectivity index (χ4n) is 1.75. The van der Waals surface area contributed by atoms with Gasteiger partial charge in [-0.05, 0) is 30.7 Å². The van der Waals surface area contributed by atoms with Gasteiger partial charge < -0.3 is 0 Å². The summed E-state index contributed by atoms with van der Waals surface area (Å²) < 4.78 is 0. The Hall–Kier alpha value is -1.90. The van der Waals surface area contributed by atoms with Crippen molar-refractivity contribution in [1.29, 1.82) is 0 Å². The minimum absolute atomic E-state index is 0.753. The third kappa shape index (κ3) is 0.865. The minimum Gasteiger partial charge on any atom is -0.279 e. The van der Waals surface area contributed by atoms with Crippen molar-refractivity contribution in [1.82, 2.24) is 4.90 Å². The van der Waals surface area contributed by atoms with Gasteiger partial charge in [0.1, 0.15) is 0 Å². The van der Waals surface area contributed by atoms with Crippen molar-refractivity contribution in [2.45, 2.75) is 6.92 Å². The second-order valence-corrected chi connectivity index (χ2v) is 3.35. The molecule has 3 nitrogen and oxygen atoms in total. The normalized spacial score (nSPS) is 22.2. The molecule has 0 aliphatic carbocycles. The van der Waals surface area contributed by atoms with Gasteiger partial charge in [-0.3, -0.25) is 4.90 Å². The molecule has 0 fully saturated rings. The van der Waals surface area contributed by atoms with E-state index >= 15 is 0 Å². The molecule has 0 aromatic rings. The van der Waals surface area contributed by atoms with Crippen LogP contribution in [0, 0.1) is 0 Å². The topological polar surface area (TPSA) is 28.0 Å². The molecule has 0 unspecified atom stereocenters. The molecular weight excluding hydrogens is 174 g/mol. The maximum absolute atomic E-state index is 4.22. The average Bonchev–Trinajstić information content (AvgIpc) is 2.24. The third-order valence-corrected chi connectivity index (χ3v) is 2.46. The summed E-state index contributed by atoms with van der Waals surface area (Å²) in [6.45, 7) is 2.09. The summed E-state index contributed by atoms with van der Waals surface area (Å²) in [5, 5.41) is 0. The number of rotatable bonds is 0. The lowest BCUT2D eigenvalue weighted by Crippen LogP contribution is -2.33. The van der Waals surface area contributed by atoms with Crippen LogP contribution in [0.1, 0.15) is 6.92 Å². The van der Waals surface area contributed by atoms with Crippen LogP contribution in [0.3, 0.4) is 0 Å². The van der Waals surface area contributed by atoms with Crippen LogP contribution in [0.2, 0.25) is 0 Å². The van der Waals surface area contributed by atoms with E-state index in [4.69, 9.17) is 0 Å². The molecule has 0 aromatic heterocycles. The van der Waals surface area contributed by atoms with Crippen LogP contribution in [0.4, 0.5) is 0 Å². The largest absolute Gasteiger partial charge is 0.279 e. The van der Waals surface area contributed by atoms with Gasteiger partial charge in [0.2, 0.25) is 5.96 Å². The summed E-state index contributed by atoms with van der Waals surface area (Å²) in [6, 6.07) is 0. The number of allylic oxidation sites excluding steroid dienone is 5. The zero-order chi connectivity index (χ0) is 9.54. The molecule has 3 rings (SSSR count). The van der Waals surface area contributed by atoms with Crippen molar-refractivity contribution in [2.75, 3.05) is 0 Å². The fourth-order valence-corrected chi connectivity index (χ4v) is 1.75. The Kier molecular flexibility index (Phi) is 1.36. The molecule has 68 valence electrons. The highest BCUT2D eigenvalue weighted by atomic mass is 15.3. The van der Waals surface area contributed by atoms with Crippen molar-refractivity contribution in [3.8, 4) is 0 Å². The molecule has 0 radical (unpaired) electrons. The van der Waals surface area contributed by atoms with Crippen molar-refractivity contribution < 1.29 is 0 Å². The van der Waals surface area contributed by atoms with E-state index < -0.39 is 0 Å². The Bertz CT molecular complexity index is 473.